The fourth-order valence-electron chi connectivity index (χ4n) is 4.41. The Morgan fingerprint density at radius 1 is 1.03 bits per heavy atom. The van der Waals surface area contributed by atoms with E-state index in [0.717, 1.165) is 10.4 Å². The Kier molecular flexibility index (Phi) is 5.31. The number of carbonyl (C=O) groups excluding carboxylic acids is 2. The van der Waals surface area contributed by atoms with Gasteiger partial charge >= 0.3 is 5.97 Å². The van der Waals surface area contributed by atoms with Crippen LogP contribution in [0.25, 0.3) is 32.6 Å². The van der Waals surface area contributed by atoms with Crippen LogP contribution in [-0.4, -0.2) is 37.8 Å². The molecule has 0 saturated carbocycles. The maximum absolute atomic E-state index is 13.7. The summed E-state index contributed by atoms with van der Waals surface area (Å²) in [5.41, 5.74) is 14.5. The Hall–Kier alpha value is -5.23. The monoisotopic (exact) mass is 526 g/mol. The number of ether oxygens (including phenoxy) is 1. The molecule has 0 atom stereocenters. The number of rotatable bonds is 5. The molecule has 1 aliphatic rings. The number of imidazole rings is 1. The van der Waals surface area contributed by atoms with Gasteiger partial charge < -0.3 is 31.6 Å². The molecule has 38 heavy (non-hydrogen) atoms. The summed E-state index contributed by atoms with van der Waals surface area (Å²) in [7, 11) is 0. The van der Waals surface area contributed by atoms with Crippen LogP contribution in [0.4, 0.5) is 11.6 Å². The smallest absolute Gasteiger partial charge is 0.355 e. The van der Waals surface area contributed by atoms with E-state index in [0.29, 0.717) is 34.6 Å². The average molecular weight is 527 g/mol. The van der Waals surface area contributed by atoms with Crippen molar-refractivity contribution in [1.82, 2.24) is 15.0 Å². The highest BCUT2D eigenvalue weighted by Gasteiger charge is 2.27. The van der Waals surface area contributed by atoms with Gasteiger partial charge in [0.2, 0.25) is 0 Å². The minimum absolute atomic E-state index is 0.132. The molecule has 0 fully saturated rings. The van der Waals surface area contributed by atoms with Crippen molar-refractivity contribution in [3.05, 3.63) is 76.4 Å². The van der Waals surface area contributed by atoms with Crippen molar-refractivity contribution in [2.45, 2.75) is 6.61 Å². The van der Waals surface area contributed by atoms with Crippen molar-refractivity contribution in [2.24, 2.45) is 5.73 Å². The Morgan fingerprint density at radius 3 is 2.66 bits per heavy atom. The largest absolute Gasteiger partial charge is 0.488 e. The number of fused-ring (bicyclic) bond motifs is 4. The number of H-pyrrole nitrogens is 1. The molecule has 4 heterocycles. The van der Waals surface area contributed by atoms with Gasteiger partial charge in [-0.15, -0.1) is 11.3 Å². The number of aromatic nitrogens is 3. The van der Waals surface area contributed by atoms with Crippen molar-refractivity contribution in [3.63, 3.8) is 0 Å². The fraction of sp³-hybridized carbons (Fsp3) is 0.0385. The van der Waals surface area contributed by atoms with Crippen molar-refractivity contribution < 1.29 is 24.2 Å². The number of primary amides is 1. The van der Waals surface area contributed by atoms with Crippen LogP contribution in [0.5, 0.6) is 5.75 Å². The summed E-state index contributed by atoms with van der Waals surface area (Å²) in [5.74, 6) is -1.99. The van der Waals surface area contributed by atoms with Gasteiger partial charge in [0.1, 0.15) is 18.1 Å². The molecule has 6 rings (SSSR count). The number of hydrogen-bond acceptors (Lipinski definition) is 8. The maximum atomic E-state index is 13.7. The number of hydrogen-bond donors (Lipinski definition) is 5. The minimum Gasteiger partial charge on any atom is -0.488 e. The average Bonchev–Trinajstić information content (AvgIpc) is 3.53. The molecule has 0 radical (unpaired) electrons. The standard InChI is InChI=1S/C26H18N6O5S/c27-23(33)18-4-2-13(21(30-18)25(35)36)14-9-20-16(22-11(10-37-20)5-6-38-22)8-15(14)24(34)29-12-1-3-17-19(7-12)32-26(28)31-17/h1-9H,10H2,(H2,27,33)(H,29,34)(H,35,36)(H3,28,31,32). The second-order valence-corrected chi connectivity index (χ2v) is 9.44. The molecule has 0 bridgehead atoms. The van der Waals surface area contributed by atoms with E-state index in [2.05, 4.69) is 20.3 Å². The van der Waals surface area contributed by atoms with Gasteiger partial charge in [0.25, 0.3) is 11.8 Å². The van der Waals surface area contributed by atoms with E-state index in [1.165, 1.54) is 23.5 Å². The van der Waals surface area contributed by atoms with Crippen molar-refractivity contribution in [3.8, 4) is 27.3 Å². The number of carbonyl (C=O) groups is 3. The Bertz CT molecular complexity index is 1810. The number of aromatic carboxylic acids is 1. The number of nitrogens with one attached hydrogen (secondary N) is 2. The third-order valence-electron chi connectivity index (χ3n) is 6.14. The number of carboxylic acid groups (broad SMARTS) is 1. The van der Waals surface area contributed by atoms with Crippen molar-refractivity contribution in [2.75, 3.05) is 11.1 Å². The van der Waals surface area contributed by atoms with Crippen molar-refractivity contribution >= 4 is 51.8 Å². The third-order valence-corrected chi connectivity index (χ3v) is 7.13. The molecule has 0 spiro atoms. The first-order valence-corrected chi connectivity index (χ1v) is 12.1. The summed E-state index contributed by atoms with van der Waals surface area (Å²) in [6, 6.07) is 13.1. The topological polar surface area (TPSA) is 186 Å². The van der Waals surface area contributed by atoms with Crippen LogP contribution < -0.4 is 21.5 Å². The molecule has 7 N–H and O–H groups in total. The molecule has 2 aromatic carbocycles. The summed E-state index contributed by atoms with van der Waals surface area (Å²) in [4.78, 5) is 49.5. The number of amides is 2. The zero-order valence-electron chi connectivity index (χ0n) is 19.4. The first kappa shape index (κ1) is 23.2. The van der Waals surface area contributed by atoms with Crippen LogP contribution in [0.15, 0.2) is 53.9 Å². The van der Waals surface area contributed by atoms with Gasteiger partial charge in [0, 0.05) is 38.4 Å². The SMILES string of the molecule is NC(=O)c1ccc(-c2cc3c(cc2C(=O)Nc2ccc4nc(N)[nH]c4c2)-c2sccc2CO3)c(C(=O)O)n1. The van der Waals surface area contributed by atoms with Gasteiger partial charge in [-0.25, -0.2) is 14.8 Å². The number of pyridine rings is 1. The summed E-state index contributed by atoms with van der Waals surface area (Å²) >= 11 is 1.52. The quantitative estimate of drug-likeness (QED) is 0.228. The lowest BCUT2D eigenvalue weighted by molar-refractivity contribution is 0.0691. The molecule has 0 aliphatic carbocycles. The van der Waals surface area contributed by atoms with Crippen LogP contribution in [0.1, 0.15) is 36.9 Å². The number of nitrogen functional groups attached to an aromatic ring is 1. The normalized spacial score (nSPS) is 11.9. The molecule has 11 nitrogen and oxygen atoms in total. The van der Waals surface area contributed by atoms with Crippen LogP contribution in [0.3, 0.4) is 0 Å². The Balaban J connectivity index is 1.51. The molecule has 5 aromatic rings. The lowest BCUT2D eigenvalue weighted by Gasteiger charge is -2.21. The molecular weight excluding hydrogens is 508 g/mol. The lowest BCUT2D eigenvalue weighted by Crippen LogP contribution is -2.18. The van der Waals surface area contributed by atoms with Crippen molar-refractivity contribution in [1.29, 1.82) is 0 Å². The van der Waals surface area contributed by atoms with Crippen LogP contribution in [0.2, 0.25) is 0 Å². The van der Waals surface area contributed by atoms with Gasteiger partial charge in [0.05, 0.1) is 11.0 Å². The number of aromatic amines is 1. The predicted molar refractivity (Wildman–Crippen MR) is 141 cm³/mol. The van der Waals surface area contributed by atoms with Gasteiger partial charge in [0.15, 0.2) is 11.6 Å². The molecule has 188 valence electrons. The number of nitrogens with zero attached hydrogens (tertiary/aromatic N) is 2. The van der Waals surface area contributed by atoms with Crippen LogP contribution in [0, 0.1) is 0 Å². The molecule has 1 aliphatic heterocycles. The lowest BCUT2D eigenvalue weighted by atomic mass is 9.93. The minimum atomic E-state index is -1.38. The second kappa shape index (κ2) is 8.71. The number of nitrogens with two attached hydrogens (primary N) is 2. The number of benzene rings is 2. The first-order valence-electron chi connectivity index (χ1n) is 11.3. The molecule has 12 heteroatoms. The molecule has 0 saturated heterocycles. The van der Waals surface area contributed by atoms with E-state index < -0.39 is 23.5 Å². The third kappa shape index (κ3) is 3.89. The maximum Gasteiger partial charge on any atom is 0.355 e. The fourth-order valence-corrected chi connectivity index (χ4v) is 5.34. The highest BCUT2D eigenvalue weighted by Crippen LogP contribution is 2.44. The highest BCUT2D eigenvalue weighted by atomic mass is 32.1. The molecule has 3 aromatic heterocycles. The van der Waals surface area contributed by atoms with E-state index >= 15 is 0 Å². The zero-order valence-corrected chi connectivity index (χ0v) is 20.3. The van der Waals surface area contributed by atoms with E-state index in [1.54, 1.807) is 30.3 Å². The van der Waals surface area contributed by atoms with Crippen LogP contribution in [-0.2, 0) is 6.61 Å². The molecule has 0 unspecified atom stereocenters. The first-order chi connectivity index (χ1) is 18.3. The summed E-state index contributed by atoms with van der Waals surface area (Å²) < 4.78 is 5.95. The summed E-state index contributed by atoms with van der Waals surface area (Å²) in [5, 5.41) is 14.7. The van der Waals surface area contributed by atoms with Gasteiger partial charge in [-0.1, -0.05) is 0 Å². The molecule has 2 amide bonds. The predicted octanol–water partition coefficient (Wildman–Crippen LogP) is 3.88. The zero-order chi connectivity index (χ0) is 26.6. The van der Waals surface area contributed by atoms with Crippen LogP contribution >= 0.6 is 11.3 Å². The summed E-state index contributed by atoms with van der Waals surface area (Å²) in [6.45, 7) is 0.342. The Labute approximate surface area is 218 Å². The number of carboxylic acids is 1. The highest BCUT2D eigenvalue weighted by molar-refractivity contribution is 7.13. The second-order valence-electron chi connectivity index (χ2n) is 8.53. The van der Waals surface area contributed by atoms with E-state index in [9.17, 15) is 19.5 Å². The Morgan fingerprint density at radius 2 is 1.87 bits per heavy atom. The molecular formula is C26H18N6O5S. The number of thiophene rings is 1. The van der Waals surface area contributed by atoms with Gasteiger partial charge in [-0.3, -0.25) is 9.59 Å². The van der Waals surface area contributed by atoms with E-state index in [-0.39, 0.29) is 28.3 Å². The van der Waals surface area contributed by atoms with E-state index in [4.69, 9.17) is 16.2 Å². The van der Waals surface area contributed by atoms with Gasteiger partial charge in [-0.2, -0.15) is 0 Å². The van der Waals surface area contributed by atoms with Gasteiger partial charge in [-0.05, 0) is 53.9 Å². The number of anilines is 2. The van der Waals surface area contributed by atoms with E-state index in [1.807, 2.05) is 11.4 Å². The summed E-state index contributed by atoms with van der Waals surface area (Å²) in [6.07, 6.45) is 0.